The molecule has 4 aromatic rings. The highest BCUT2D eigenvalue weighted by Gasteiger charge is 2.11. The highest BCUT2D eigenvalue weighted by atomic mass is 16.3. The lowest BCUT2D eigenvalue weighted by Gasteiger charge is -2.01. The SMILES string of the molecule is Cc1ccccc1-c1nc2ccc(NC(=O)/C=C/c3ccccc3)cc2o1. The Morgan fingerprint density at radius 2 is 1.78 bits per heavy atom. The fraction of sp³-hybridized carbons (Fsp3) is 0.0435. The maximum absolute atomic E-state index is 12.1. The van der Waals surface area contributed by atoms with E-state index in [-0.39, 0.29) is 5.91 Å². The van der Waals surface area contributed by atoms with Crippen LogP contribution in [-0.4, -0.2) is 10.9 Å². The van der Waals surface area contributed by atoms with E-state index in [1.54, 1.807) is 12.1 Å². The molecule has 0 aliphatic rings. The van der Waals surface area contributed by atoms with Crippen molar-refractivity contribution in [3.8, 4) is 11.5 Å². The predicted octanol–water partition coefficient (Wildman–Crippen LogP) is 5.46. The van der Waals surface area contributed by atoms with Gasteiger partial charge in [0.15, 0.2) is 5.58 Å². The first-order valence-corrected chi connectivity index (χ1v) is 8.70. The van der Waals surface area contributed by atoms with Gasteiger partial charge in [-0.05, 0) is 42.3 Å². The molecule has 0 aliphatic carbocycles. The topological polar surface area (TPSA) is 55.1 Å². The molecule has 4 nitrogen and oxygen atoms in total. The lowest BCUT2D eigenvalue weighted by atomic mass is 10.1. The number of carbonyl (C=O) groups excluding carboxylic acids is 1. The summed E-state index contributed by atoms with van der Waals surface area (Å²) >= 11 is 0. The third-order valence-electron chi connectivity index (χ3n) is 4.26. The van der Waals surface area contributed by atoms with Crippen LogP contribution in [0.25, 0.3) is 28.6 Å². The fourth-order valence-corrected chi connectivity index (χ4v) is 2.85. The van der Waals surface area contributed by atoms with Gasteiger partial charge in [-0.3, -0.25) is 4.79 Å². The number of fused-ring (bicyclic) bond motifs is 1. The molecule has 0 saturated heterocycles. The van der Waals surface area contributed by atoms with E-state index in [0.29, 0.717) is 17.2 Å². The summed E-state index contributed by atoms with van der Waals surface area (Å²) in [6.45, 7) is 2.02. The van der Waals surface area contributed by atoms with Gasteiger partial charge < -0.3 is 9.73 Å². The van der Waals surface area contributed by atoms with Crippen LogP contribution in [0.4, 0.5) is 5.69 Å². The van der Waals surface area contributed by atoms with Crippen LogP contribution in [0.2, 0.25) is 0 Å². The van der Waals surface area contributed by atoms with Crippen molar-refractivity contribution in [2.45, 2.75) is 6.92 Å². The molecule has 132 valence electrons. The van der Waals surface area contributed by atoms with E-state index in [0.717, 1.165) is 22.2 Å². The predicted molar refractivity (Wildman–Crippen MR) is 108 cm³/mol. The molecule has 27 heavy (non-hydrogen) atoms. The molecule has 0 bridgehead atoms. The molecule has 1 N–H and O–H groups in total. The summed E-state index contributed by atoms with van der Waals surface area (Å²) in [5.74, 6) is 0.382. The Kier molecular flexibility index (Phi) is 4.54. The Bertz CT molecular complexity index is 1130. The van der Waals surface area contributed by atoms with Crippen LogP contribution < -0.4 is 5.32 Å². The highest BCUT2D eigenvalue weighted by Crippen LogP contribution is 2.28. The zero-order valence-corrected chi connectivity index (χ0v) is 14.8. The normalized spacial score (nSPS) is 11.1. The molecule has 1 amide bonds. The van der Waals surface area contributed by atoms with Gasteiger partial charge in [0.25, 0.3) is 0 Å². The fourth-order valence-electron chi connectivity index (χ4n) is 2.85. The van der Waals surface area contributed by atoms with Gasteiger partial charge >= 0.3 is 0 Å². The molecular weight excluding hydrogens is 336 g/mol. The minimum Gasteiger partial charge on any atom is -0.436 e. The van der Waals surface area contributed by atoms with Crippen molar-refractivity contribution in [2.24, 2.45) is 0 Å². The smallest absolute Gasteiger partial charge is 0.248 e. The van der Waals surface area contributed by atoms with E-state index in [1.807, 2.05) is 73.7 Å². The summed E-state index contributed by atoms with van der Waals surface area (Å²) in [6, 6.07) is 23.1. The minimum absolute atomic E-state index is 0.197. The highest BCUT2D eigenvalue weighted by molar-refractivity contribution is 6.02. The molecule has 0 saturated carbocycles. The van der Waals surface area contributed by atoms with Gasteiger partial charge in [-0.2, -0.15) is 0 Å². The molecule has 0 aliphatic heterocycles. The van der Waals surface area contributed by atoms with Crippen molar-refractivity contribution in [2.75, 3.05) is 5.32 Å². The molecule has 0 radical (unpaired) electrons. The molecule has 3 aromatic carbocycles. The number of amides is 1. The number of hydrogen-bond donors (Lipinski definition) is 1. The summed E-state index contributed by atoms with van der Waals surface area (Å²) in [5.41, 5.74) is 5.09. The van der Waals surface area contributed by atoms with Crippen LogP contribution >= 0.6 is 0 Å². The standard InChI is InChI=1S/C23H18N2O2/c1-16-7-5-6-10-19(16)23-25-20-13-12-18(15-21(20)27-23)24-22(26)14-11-17-8-3-2-4-9-17/h2-15H,1H3,(H,24,26)/b14-11+. The molecule has 0 unspecified atom stereocenters. The number of nitrogens with one attached hydrogen (secondary N) is 1. The van der Waals surface area contributed by atoms with Gasteiger partial charge in [0.2, 0.25) is 11.8 Å². The number of aromatic nitrogens is 1. The molecule has 0 fully saturated rings. The number of rotatable bonds is 4. The molecule has 1 aromatic heterocycles. The van der Waals surface area contributed by atoms with E-state index in [2.05, 4.69) is 10.3 Å². The largest absolute Gasteiger partial charge is 0.436 e. The number of carbonyl (C=O) groups is 1. The molecule has 1 heterocycles. The van der Waals surface area contributed by atoms with E-state index in [4.69, 9.17) is 4.42 Å². The van der Waals surface area contributed by atoms with E-state index < -0.39 is 0 Å². The van der Waals surface area contributed by atoms with Gasteiger partial charge in [-0.15, -0.1) is 0 Å². The number of hydrogen-bond acceptors (Lipinski definition) is 3. The van der Waals surface area contributed by atoms with E-state index in [1.165, 1.54) is 6.08 Å². The van der Waals surface area contributed by atoms with Gasteiger partial charge in [-0.1, -0.05) is 48.5 Å². The summed E-state index contributed by atoms with van der Waals surface area (Å²) in [5, 5.41) is 2.85. The van der Waals surface area contributed by atoms with Crippen molar-refractivity contribution < 1.29 is 9.21 Å². The van der Waals surface area contributed by atoms with E-state index in [9.17, 15) is 4.79 Å². The molecular formula is C23H18N2O2. The van der Waals surface area contributed by atoms with Crippen LogP contribution in [0.1, 0.15) is 11.1 Å². The second-order valence-electron chi connectivity index (χ2n) is 6.25. The molecule has 0 spiro atoms. The van der Waals surface area contributed by atoms with Gasteiger partial charge in [-0.25, -0.2) is 4.98 Å². The third-order valence-corrected chi connectivity index (χ3v) is 4.26. The van der Waals surface area contributed by atoms with Crippen LogP contribution in [0, 0.1) is 6.92 Å². The average Bonchev–Trinajstić information content (AvgIpc) is 3.10. The monoisotopic (exact) mass is 354 g/mol. The Labute approximate surface area is 157 Å². The quantitative estimate of drug-likeness (QED) is 0.495. The van der Waals surface area contributed by atoms with Crippen molar-refractivity contribution in [3.63, 3.8) is 0 Å². The first kappa shape index (κ1) is 16.8. The lowest BCUT2D eigenvalue weighted by Crippen LogP contribution is -2.07. The molecule has 4 heteroatoms. The summed E-state index contributed by atoms with van der Waals surface area (Å²) in [6.07, 6.45) is 3.29. The number of anilines is 1. The van der Waals surface area contributed by atoms with Crippen molar-refractivity contribution in [1.29, 1.82) is 0 Å². The van der Waals surface area contributed by atoms with Gasteiger partial charge in [0.1, 0.15) is 5.52 Å². The maximum Gasteiger partial charge on any atom is 0.248 e. The number of nitrogens with zero attached hydrogens (tertiary/aromatic N) is 1. The van der Waals surface area contributed by atoms with Gasteiger partial charge in [0.05, 0.1) is 0 Å². The Hall–Kier alpha value is -3.66. The van der Waals surface area contributed by atoms with Crippen molar-refractivity contribution >= 4 is 28.8 Å². The number of benzene rings is 3. The summed E-state index contributed by atoms with van der Waals surface area (Å²) in [4.78, 5) is 16.7. The number of aryl methyl sites for hydroxylation is 1. The number of oxazole rings is 1. The second kappa shape index (κ2) is 7.30. The Morgan fingerprint density at radius 3 is 2.59 bits per heavy atom. The molecule has 0 atom stereocenters. The zero-order chi connectivity index (χ0) is 18.6. The van der Waals surface area contributed by atoms with Gasteiger partial charge in [0, 0.05) is 23.4 Å². The minimum atomic E-state index is -0.197. The lowest BCUT2D eigenvalue weighted by molar-refractivity contribution is -0.111. The average molecular weight is 354 g/mol. The summed E-state index contributed by atoms with van der Waals surface area (Å²) in [7, 11) is 0. The summed E-state index contributed by atoms with van der Waals surface area (Å²) < 4.78 is 5.91. The Morgan fingerprint density at radius 1 is 1.00 bits per heavy atom. The van der Waals surface area contributed by atoms with Crippen molar-refractivity contribution in [1.82, 2.24) is 4.98 Å². The Balaban J connectivity index is 1.54. The second-order valence-corrected chi connectivity index (χ2v) is 6.25. The first-order valence-electron chi connectivity index (χ1n) is 8.70. The third kappa shape index (κ3) is 3.80. The zero-order valence-electron chi connectivity index (χ0n) is 14.8. The van der Waals surface area contributed by atoms with Crippen LogP contribution in [0.5, 0.6) is 0 Å². The van der Waals surface area contributed by atoms with Crippen LogP contribution in [-0.2, 0) is 4.79 Å². The molecule has 4 rings (SSSR count). The first-order chi connectivity index (χ1) is 13.2. The van der Waals surface area contributed by atoms with Crippen LogP contribution in [0.15, 0.2) is 83.3 Å². The van der Waals surface area contributed by atoms with Crippen LogP contribution in [0.3, 0.4) is 0 Å². The van der Waals surface area contributed by atoms with Crippen molar-refractivity contribution in [3.05, 3.63) is 90.0 Å². The van der Waals surface area contributed by atoms with E-state index >= 15 is 0 Å². The maximum atomic E-state index is 12.1.